The minimum Gasteiger partial charge on any atom is -0.489 e. The Balaban J connectivity index is 1.39. The van der Waals surface area contributed by atoms with Gasteiger partial charge in [-0.05, 0) is 31.4 Å². The molecule has 126 valence electrons. The van der Waals surface area contributed by atoms with Crippen LogP contribution in [0.4, 0.5) is 0 Å². The van der Waals surface area contributed by atoms with Gasteiger partial charge in [-0.25, -0.2) is 0 Å². The molecule has 4 heteroatoms. The van der Waals surface area contributed by atoms with Gasteiger partial charge in [-0.15, -0.1) is 0 Å². The molecule has 0 N–H and O–H groups in total. The lowest BCUT2D eigenvalue weighted by molar-refractivity contribution is -0.133. The van der Waals surface area contributed by atoms with Crippen molar-refractivity contribution in [1.29, 1.82) is 0 Å². The van der Waals surface area contributed by atoms with E-state index in [2.05, 4.69) is 4.98 Å². The molecule has 1 aromatic heterocycles. The van der Waals surface area contributed by atoms with Crippen molar-refractivity contribution < 1.29 is 9.53 Å². The third-order valence-corrected chi connectivity index (χ3v) is 5.22. The van der Waals surface area contributed by atoms with Crippen LogP contribution in [0.3, 0.4) is 0 Å². The summed E-state index contributed by atoms with van der Waals surface area (Å²) >= 11 is 0. The van der Waals surface area contributed by atoms with E-state index in [4.69, 9.17) is 4.74 Å². The average Bonchev–Trinajstić information content (AvgIpc) is 3.09. The van der Waals surface area contributed by atoms with E-state index in [1.807, 2.05) is 24.0 Å². The van der Waals surface area contributed by atoms with Crippen LogP contribution >= 0.6 is 0 Å². The summed E-state index contributed by atoms with van der Waals surface area (Å²) in [6, 6.07) is 3.94. The van der Waals surface area contributed by atoms with Gasteiger partial charge < -0.3 is 9.64 Å². The Kier molecular flexibility index (Phi) is 5.52. The Morgan fingerprint density at radius 3 is 2.61 bits per heavy atom. The van der Waals surface area contributed by atoms with E-state index in [9.17, 15) is 4.79 Å². The normalized spacial score (nSPS) is 20.0. The topological polar surface area (TPSA) is 42.4 Å². The van der Waals surface area contributed by atoms with Crippen LogP contribution in [0.15, 0.2) is 18.3 Å². The molecule has 0 bridgehead atoms. The van der Waals surface area contributed by atoms with Crippen molar-refractivity contribution in [3.05, 3.63) is 24.0 Å². The highest BCUT2D eigenvalue weighted by Crippen LogP contribution is 2.29. The molecule has 2 fully saturated rings. The zero-order valence-electron chi connectivity index (χ0n) is 14.2. The van der Waals surface area contributed by atoms with Crippen molar-refractivity contribution in [2.75, 3.05) is 13.1 Å². The van der Waals surface area contributed by atoms with Crippen LogP contribution in [-0.2, 0) is 4.79 Å². The summed E-state index contributed by atoms with van der Waals surface area (Å²) in [6.07, 6.45) is 11.0. The fraction of sp³-hybridized carbons (Fsp3) is 0.684. The van der Waals surface area contributed by atoms with Crippen molar-refractivity contribution in [2.24, 2.45) is 5.92 Å². The molecule has 0 spiro atoms. The predicted octanol–water partition coefficient (Wildman–Crippen LogP) is 3.73. The average molecular weight is 316 g/mol. The number of aryl methyl sites for hydroxylation is 1. The Bertz CT molecular complexity index is 501. The highest BCUT2D eigenvalue weighted by Gasteiger charge is 2.25. The van der Waals surface area contributed by atoms with E-state index >= 15 is 0 Å². The number of aromatic nitrogens is 1. The van der Waals surface area contributed by atoms with Gasteiger partial charge in [0, 0.05) is 38.0 Å². The Hall–Kier alpha value is -1.58. The molecular weight excluding hydrogens is 288 g/mol. The maximum atomic E-state index is 12.3. The van der Waals surface area contributed by atoms with E-state index in [-0.39, 0.29) is 6.10 Å². The van der Waals surface area contributed by atoms with Crippen LogP contribution in [0.25, 0.3) is 0 Å². The number of piperidine rings is 1. The summed E-state index contributed by atoms with van der Waals surface area (Å²) in [7, 11) is 0. The Morgan fingerprint density at radius 2 is 1.96 bits per heavy atom. The lowest BCUT2D eigenvalue weighted by Gasteiger charge is -2.32. The highest BCUT2D eigenvalue weighted by atomic mass is 16.5. The quantitative estimate of drug-likeness (QED) is 0.831. The van der Waals surface area contributed by atoms with Gasteiger partial charge in [-0.3, -0.25) is 9.78 Å². The SMILES string of the molecule is Cc1ccc(OC2CCN(C(=O)CCC3CCCC3)CC2)cn1. The number of nitrogens with zero attached hydrogens (tertiary/aromatic N) is 2. The molecule has 1 saturated carbocycles. The van der Waals surface area contributed by atoms with Crippen molar-refractivity contribution in [3.63, 3.8) is 0 Å². The van der Waals surface area contributed by atoms with Gasteiger partial charge in [0.25, 0.3) is 0 Å². The Labute approximate surface area is 139 Å². The minimum atomic E-state index is 0.207. The number of hydrogen-bond acceptors (Lipinski definition) is 3. The molecule has 1 aromatic rings. The minimum absolute atomic E-state index is 0.207. The third-order valence-electron chi connectivity index (χ3n) is 5.22. The van der Waals surface area contributed by atoms with Crippen molar-refractivity contribution in [3.8, 4) is 5.75 Å². The molecular formula is C19H28N2O2. The Morgan fingerprint density at radius 1 is 1.22 bits per heavy atom. The molecule has 0 unspecified atom stereocenters. The third kappa shape index (κ3) is 4.69. The fourth-order valence-corrected chi connectivity index (χ4v) is 3.72. The molecule has 0 atom stereocenters. The van der Waals surface area contributed by atoms with Gasteiger partial charge >= 0.3 is 0 Å². The summed E-state index contributed by atoms with van der Waals surface area (Å²) < 4.78 is 5.98. The molecule has 1 aliphatic carbocycles. The maximum Gasteiger partial charge on any atom is 0.222 e. The molecule has 0 aromatic carbocycles. The van der Waals surface area contributed by atoms with Crippen LogP contribution in [0.5, 0.6) is 5.75 Å². The second-order valence-corrected chi connectivity index (χ2v) is 7.02. The second-order valence-electron chi connectivity index (χ2n) is 7.02. The molecule has 1 amide bonds. The monoisotopic (exact) mass is 316 g/mol. The summed E-state index contributed by atoms with van der Waals surface area (Å²) in [6.45, 7) is 3.63. The summed E-state index contributed by atoms with van der Waals surface area (Å²) in [5.41, 5.74) is 1.00. The molecule has 1 saturated heterocycles. The summed E-state index contributed by atoms with van der Waals surface area (Å²) in [5.74, 6) is 1.97. The molecule has 2 aliphatic rings. The van der Waals surface area contributed by atoms with Crippen molar-refractivity contribution in [2.45, 2.75) is 64.4 Å². The number of carbonyl (C=O) groups is 1. The number of ether oxygens (including phenoxy) is 1. The first-order valence-electron chi connectivity index (χ1n) is 9.08. The zero-order chi connectivity index (χ0) is 16.1. The lowest BCUT2D eigenvalue weighted by Crippen LogP contribution is -2.41. The zero-order valence-corrected chi connectivity index (χ0v) is 14.2. The number of hydrogen-bond donors (Lipinski definition) is 0. The molecule has 2 heterocycles. The van der Waals surface area contributed by atoms with Crippen LogP contribution in [-0.4, -0.2) is 35.0 Å². The first-order chi connectivity index (χ1) is 11.2. The second kappa shape index (κ2) is 7.80. The van der Waals surface area contributed by atoms with Gasteiger partial charge in [0.05, 0.1) is 6.20 Å². The first-order valence-corrected chi connectivity index (χ1v) is 9.08. The lowest BCUT2D eigenvalue weighted by atomic mass is 10.0. The largest absolute Gasteiger partial charge is 0.489 e. The van der Waals surface area contributed by atoms with Gasteiger partial charge in [0.2, 0.25) is 5.91 Å². The number of pyridine rings is 1. The summed E-state index contributed by atoms with van der Waals surface area (Å²) in [4.78, 5) is 18.6. The van der Waals surface area contributed by atoms with Crippen molar-refractivity contribution in [1.82, 2.24) is 9.88 Å². The van der Waals surface area contributed by atoms with Gasteiger partial charge in [-0.2, -0.15) is 0 Å². The molecule has 3 rings (SSSR count). The van der Waals surface area contributed by atoms with E-state index in [1.165, 1.54) is 25.7 Å². The first kappa shape index (κ1) is 16.3. The smallest absolute Gasteiger partial charge is 0.222 e. The van der Waals surface area contributed by atoms with E-state index in [1.54, 1.807) is 6.20 Å². The van der Waals surface area contributed by atoms with Crippen LogP contribution in [0.1, 0.15) is 57.1 Å². The molecule has 0 radical (unpaired) electrons. The van der Waals surface area contributed by atoms with Crippen LogP contribution < -0.4 is 4.74 Å². The molecule has 4 nitrogen and oxygen atoms in total. The standard InChI is InChI=1S/C19H28N2O2/c1-15-6-8-18(14-20-15)23-17-10-12-21(13-11-17)19(22)9-7-16-4-2-3-5-16/h6,8,14,16-17H,2-5,7,9-13H2,1H3. The number of amides is 1. The maximum absolute atomic E-state index is 12.3. The van der Waals surface area contributed by atoms with E-state index in [0.717, 1.165) is 56.1 Å². The van der Waals surface area contributed by atoms with Gasteiger partial charge in [-0.1, -0.05) is 25.7 Å². The molecule has 23 heavy (non-hydrogen) atoms. The fourth-order valence-electron chi connectivity index (χ4n) is 3.72. The highest BCUT2D eigenvalue weighted by molar-refractivity contribution is 5.76. The van der Waals surface area contributed by atoms with Crippen LogP contribution in [0, 0.1) is 12.8 Å². The number of rotatable bonds is 5. The number of carbonyl (C=O) groups excluding carboxylic acids is 1. The van der Waals surface area contributed by atoms with Gasteiger partial charge in [0.1, 0.15) is 11.9 Å². The number of likely N-dealkylation sites (tertiary alicyclic amines) is 1. The van der Waals surface area contributed by atoms with Crippen molar-refractivity contribution >= 4 is 5.91 Å². The van der Waals surface area contributed by atoms with E-state index in [0.29, 0.717) is 5.91 Å². The van der Waals surface area contributed by atoms with Gasteiger partial charge in [0.15, 0.2) is 0 Å². The summed E-state index contributed by atoms with van der Waals surface area (Å²) in [5, 5.41) is 0. The predicted molar refractivity (Wildman–Crippen MR) is 90.4 cm³/mol. The van der Waals surface area contributed by atoms with Crippen LogP contribution in [0.2, 0.25) is 0 Å². The van der Waals surface area contributed by atoms with E-state index < -0.39 is 0 Å². The molecule has 1 aliphatic heterocycles.